The zero-order chi connectivity index (χ0) is 12.2. The van der Waals surface area contributed by atoms with Gasteiger partial charge in [0.25, 0.3) is 0 Å². The van der Waals surface area contributed by atoms with Crippen molar-refractivity contribution < 1.29 is 13.2 Å². The van der Waals surface area contributed by atoms with E-state index in [0.717, 1.165) is 0 Å². The Morgan fingerprint density at radius 2 is 2.12 bits per heavy atom. The maximum absolute atomic E-state index is 12.0. The van der Waals surface area contributed by atoms with Crippen LogP contribution in [0.3, 0.4) is 0 Å². The Kier molecular flexibility index (Phi) is 4.20. The molecule has 1 aromatic rings. The highest BCUT2D eigenvalue weighted by Gasteiger charge is 2.26. The van der Waals surface area contributed by atoms with Crippen molar-refractivity contribution >= 4 is 5.95 Å². The molecule has 0 fully saturated rings. The summed E-state index contributed by atoms with van der Waals surface area (Å²) in [5.41, 5.74) is 0. The highest BCUT2D eigenvalue weighted by Crippen LogP contribution is 2.22. The van der Waals surface area contributed by atoms with E-state index >= 15 is 0 Å². The second kappa shape index (κ2) is 5.23. The van der Waals surface area contributed by atoms with Crippen LogP contribution in [0.25, 0.3) is 0 Å². The fraction of sp³-hybridized carbons (Fsp3) is 0.700. The van der Waals surface area contributed by atoms with E-state index in [2.05, 4.69) is 10.3 Å². The van der Waals surface area contributed by atoms with Gasteiger partial charge in [0.05, 0.1) is 0 Å². The number of imidazole rings is 1. The van der Waals surface area contributed by atoms with Crippen molar-refractivity contribution in [1.82, 2.24) is 9.55 Å². The average molecular weight is 235 g/mol. The van der Waals surface area contributed by atoms with Crippen molar-refractivity contribution in [3.63, 3.8) is 0 Å². The molecule has 0 spiro atoms. The topological polar surface area (TPSA) is 29.9 Å². The molecular formula is C10H16F3N3. The molecule has 1 N–H and O–H groups in total. The highest BCUT2D eigenvalue weighted by molar-refractivity contribution is 5.26. The first-order valence-electron chi connectivity index (χ1n) is 5.23. The van der Waals surface area contributed by atoms with Crippen molar-refractivity contribution in [2.24, 2.45) is 0 Å². The van der Waals surface area contributed by atoms with Gasteiger partial charge in [-0.25, -0.2) is 4.98 Å². The molecule has 0 unspecified atom stereocenters. The lowest BCUT2D eigenvalue weighted by Gasteiger charge is -2.12. The Labute approximate surface area is 92.7 Å². The molecule has 3 nitrogen and oxygen atoms in total. The quantitative estimate of drug-likeness (QED) is 0.850. The number of hydrogen-bond donors (Lipinski definition) is 1. The summed E-state index contributed by atoms with van der Waals surface area (Å²) in [6, 6.07) is 0.212. The Balaban J connectivity index is 2.45. The molecule has 1 rings (SSSR count). The zero-order valence-corrected chi connectivity index (χ0v) is 9.38. The van der Waals surface area contributed by atoms with Crippen LogP contribution in [0, 0.1) is 0 Å². The van der Waals surface area contributed by atoms with Gasteiger partial charge in [0, 0.05) is 31.4 Å². The Bertz CT molecular complexity index is 317. The van der Waals surface area contributed by atoms with Crippen LogP contribution in [0.1, 0.15) is 26.7 Å². The fourth-order valence-corrected chi connectivity index (χ4v) is 1.34. The van der Waals surface area contributed by atoms with Crippen molar-refractivity contribution in [2.45, 2.75) is 45.5 Å². The molecule has 92 valence electrons. The molecule has 0 aliphatic heterocycles. The van der Waals surface area contributed by atoms with E-state index in [-0.39, 0.29) is 12.5 Å². The summed E-state index contributed by atoms with van der Waals surface area (Å²) in [4.78, 5) is 4.04. The van der Waals surface area contributed by atoms with E-state index < -0.39 is 12.6 Å². The van der Waals surface area contributed by atoms with Gasteiger partial charge in [-0.15, -0.1) is 0 Å². The van der Waals surface area contributed by atoms with E-state index in [1.807, 2.05) is 13.8 Å². The summed E-state index contributed by atoms with van der Waals surface area (Å²) in [6.45, 7) is 4.23. The summed E-state index contributed by atoms with van der Waals surface area (Å²) in [7, 11) is 0. The predicted molar refractivity (Wildman–Crippen MR) is 56.3 cm³/mol. The minimum atomic E-state index is -4.08. The second-order valence-electron chi connectivity index (χ2n) is 3.96. The third kappa shape index (κ3) is 4.55. The first kappa shape index (κ1) is 12.9. The van der Waals surface area contributed by atoms with Gasteiger partial charge >= 0.3 is 6.18 Å². The first-order valence-corrected chi connectivity index (χ1v) is 5.23. The van der Waals surface area contributed by atoms with E-state index in [1.54, 1.807) is 17.0 Å². The van der Waals surface area contributed by atoms with Crippen LogP contribution in [0.2, 0.25) is 0 Å². The number of aryl methyl sites for hydroxylation is 1. The number of aromatic nitrogens is 2. The molecule has 1 aromatic heterocycles. The number of anilines is 1. The van der Waals surface area contributed by atoms with Gasteiger partial charge in [-0.2, -0.15) is 13.2 Å². The first-order chi connectivity index (χ1) is 7.38. The molecule has 0 atom stereocenters. The van der Waals surface area contributed by atoms with Gasteiger partial charge in [0.1, 0.15) is 0 Å². The summed E-state index contributed by atoms with van der Waals surface area (Å²) in [5, 5.41) is 3.07. The average Bonchev–Trinajstić information content (AvgIpc) is 2.49. The molecule has 0 saturated carbocycles. The lowest BCUT2D eigenvalue weighted by atomic mass is 10.3. The molecular weight excluding hydrogens is 219 g/mol. The van der Waals surface area contributed by atoms with E-state index in [4.69, 9.17) is 0 Å². The largest absolute Gasteiger partial charge is 0.389 e. The normalized spacial score (nSPS) is 12.1. The minimum Gasteiger partial charge on any atom is -0.353 e. The van der Waals surface area contributed by atoms with Crippen LogP contribution >= 0.6 is 0 Å². The van der Waals surface area contributed by atoms with Crippen LogP contribution in [0.15, 0.2) is 12.4 Å². The number of nitrogens with one attached hydrogen (secondary N) is 1. The number of alkyl halides is 3. The Morgan fingerprint density at radius 3 is 2.69 bits per heavy atom. The molecule has 0 aliphatic carbocycles. The Hall–Kier alpha value is -1.20. The summed E-state index contributed by atoms with van der Waals surface area (Å²) in [6.07, 6.45) is -1.50. The zero-order valence-electron chi connectivity index (χ0n) is 9.38. The molecule has 0 aliphatic rings. The standard InChI is InChI=1S/C10H16F3N3/c1-8(2)15-9-14-5-7-16(9)6-3-4-10(11,12)13/h5,7-8H,3-4,6H2,1-2H3,(H,14,15). The molecule has 0 amide bonds. The maximum Gasteiger partial charge on any atom is 0.389 e. The van der Waals surface area contributed by atoms with Crippen LogP contribution < -0.4 is 5.32 Å². The van der Waals surface area contributed by atoms with Gasteiger partial charge in [-0.3, -0.25) is 0 Å². The van der Waals surface area contributed by atoms with Crippen molar-refractivity contribution in [3.8, 4) is 0 Å². The van der Waals surface area contributed by atoms with Gasteiger partial charge in [-0.1, -0.05) is 0 Å². The van der Waals surface area contributed by atoms with Gasteiger partial charge in [0.2, 0.25) is 5.95 Å². The molecule has 0 saturated heterocycles. The van der Waals surface area contributed by atoms with Gasteiger partial charge < -0.3 is 9.88 Å². The molecule has 0 aromatic carbocycles. The van der Waals surface area contributed by atoms with Gasteiger partial charge in [0.15, 0.2) is 0 Å². The maximum atomic E-state index is 12.0. The number of nitrogens with zero attached hydrogens (tertiary/aromatic N) is 2. The predicted octanol–water partition coefficient (Wildman–Crippen LogP) is 3.05. The lowest BCUT2D eigenvalue weighted by Crippen LogP contribution is -2.15. The molecule has 0 bridgehead atoms. The number of rotatable bonds is 5. The third-order valence-electron chi connectivity index (χ3n) is 1.99. The fourth-order valence-electron chi connectivity index (χ4n) is 1.34. The summed E-state index contributed by atoms with van der Waals surface area (Å²) < 4.78 is 37.6. The van der Waals surface area contributed by atoms with Crippen molar-refractivity contribution in [2.75, 3.05) is 5.32 Å². The second-order valence-corrected chi connectivity index (χ2v) is 3.96. The van der Waals surface area contributed by atoms with Crippen molar-refractivity contribution in [3.05, 3.63) is 12.4 Å². The Morgan fingerprint density at radius 1 is 1.44 bits per heavy atom. The monoisotopic (exact) mass is 235 g/mol. The lowest BCUT2D eigenvalue weighted by molar-refractivity contribution is -0.135. The van der Waals surface area contributed by atoms with Crippen molar-refractivity contribution in [1.29, 1.82) is 0 Å². The molecule has 1 heterocycles. The van der Waals surface area contributed by atoms with E-state index in [9.17, 15) is 13.2 Å². The number of hydrogen-bond acceptors (Lipinski definition) is 2. The van der Waals surface area contributed by atoms with Crippen LogP contribution in [-0.4, -0.2) is 21.8 Å². The summed E-state index contributed by atoms with van der Waals surface area (Å²) >= 11 is 0. The highest BCUT2D eigenvalue weighted by atomic mass is 19.4. The van der Waals surface area contributed by atoms with E-state index in [1.165, 1.54) is 0 Å². The molecule has 0 radical (unpaired) electrons. The molecule has 16 heavy (non-hydrogen) atoms. The van der Waals surface area contributed by atoms with E-state index in [0.29, 0.717) is 12.5 Å². The number of halogens is 3. The van der Waals surface area contributed by atoms with Crippen LogP contribution in [0.5, 0.6) is 0 Å². The smallest absolute Gasteiger partial charge is 0.353 e. The van der Waals surface area contributed by atoms with Crippen LogP contribution in [-0.2, 0) is 6.54 Å². The summed E-state index contributed by atoms with van der Waals surface area (Å²) in [5.74, 6) is 0.622. The van der Waals surface area contributed by atoms with Crippen LogP contribution in [0.4, 0.5) is 19.1 Å². The minimum absolute atomic E-state index is 0.0760. The van der Waals surface area contributed by atoms with Gasteiger partial charge in [-0.05, 0) is 20.3 Å². The molecule has 6 heteroatoms. The third-order valence-corrected chi connectivity index (χ3v) is 1.99. The SMILES string of the molecule is CC(C)Nc1nccn1CCCC(F)(F)F.